The van der Waals surface area contributed by atoms with E-state index in [-0.39, 0.29) is 0 Å². The molecule has 1 heterocycles. The van der Waals surface area contributed by atoms with Gasteiger partial charge in [-0.15, -0.1) is 0 Å². The molecule has 1 atom stereocenters. The van der Waals surface area contributed by atoms with Crippen molar-refractivity contribution < 1.29 is 0 Å². The van der Waals surface area contributed by atoms with E-state index in [0.29, 0.717) is 16.9 Å². The molecule has 0 aromatic carbocycles. The van der Waals surface area contributed by atoms with Crippen LogP contribution in [0.2, 0.25) is 0 Å². The van der Waals surface area contributed by atoms with Gasteiger partial charge in [0.25, 0.3) is 0 Å². The van der Waals surface area contributed by atoms with Gasteiger partial charge in [-0.3, -0.25) is 0 Å². The molecule has 3 N–H and O–H groups in total. The highest BCUT2D eigenvalue weighted by Gasteiger charge is 2.13. The van der Waals surface area contributed by atoms with E-state index in [9.17, 15) is 0 Å². The molecule has 1 unspecified atom stereocenters. The minimum Gasteiger partial charge on any atom is -0.389 e. The molecule has 4 nitrogen and oxygen atoms in total. The summed E-state index contributed by atoms with van der Waals surface area (Å²) in [6.45, 7) is 7.38. The number of nitrogens with zero attached hydrogens (tertiary/aromatic N) is 2. The van der Waals surface area contributed by atoms with Crippen LogP contribution >= 0.6 is 12.2 Å². The first-order valence-corrected chi connectivity index (χ1v) is 7.38. The Bertz CT molecular complexity index is 447. The van der Waals surface area contributed by atoms with Crippen LogP contribution in [0, 0.1) is 12.8 Å². The van der Waals surface area contributed by atoms with E-state index < -0.39 is 0 Å². The molecule has 0 saturated carbocycles. The van der Waals surface area contributed by atoms with Crippen LogP contribution in [0.15, 0.2) is 12.1 Å². The summed E-state index contributed by atoms with van der Waals surface area (Å²) >= 11 is 5.05. The zero-order valence-corrected chi connectivity index (χ0v) is 13.9. The van der Waals surface area contributed by atoms with Crippen molar-refractivity contribution in [1.29, 1.82) is 0 Å². The lowest BCUT2D eigenvalue weighted by Crippen LogP contribution is -2.34. The van der Waals surface area contributed by atoms with E-state index in [4.69, 9.17) is 18.0 Å². The molecule has 0 spiro atoms. The molecule has 112 valence electrons. The summed E-state index contributed by atoms with van der Waals surface area (Å²) in [5.74, 6) is 1.48. The van der Waals surface area contributed by atoms with Crippen LogP contribution in [0.25, 0.3) is 0 Å². The Balaban J connectivity index is 2.89. The zero-order valence-electron chi connectivity index (χ0n) is 13.1. The molecular weight excluding hydrogens is 268 g/mol. The van der Waals surface area contributed by atoms with Crippen molar-refractivity contribution in [3.05, 3.63) is 23.4 Å². The second-order valence-corrected chi connectivity index (χ2v) is 6.42. The van der Waals surface area contributed by atoms with Gasteiger partial charge in [-0.1, -0.05) is 26.1 Å². The van der Waals surface area contributed by atoms with E-state index in [1.165, 1.54) is 0 Å². The number of aryl methyl sites for hydroxylation is 1. The summed E-state index contributed by atoms with van der Waals surface area (Å²) < 4.78 is 0. The Morgan fingerprint density at radius 3 is 2.55 bits per heavy atom. The molecule has 20 heavy (non-hydrogen) atoms. The fraction of sp³-hybridized carbons (Fsp3) is 0.600. The molecule has 0 bridgehead atoms. The SMILES string of the molecule is Cc1cc(C(N)=S)cc(NC(CC(C)C)CN(C)C)n1. The monoisotopic (exact) mass is 294 g/mol. The second kappa shape index (κ2) is 7.55. The van der Waals surface area contributed by atoms with Crippen LogP contribution in [0.3, 0.4) is 0 Å². The highest BCUT2D eigenvalue weighted by molar-refractivity contribution is 7.80. The van der Waals surface area contributed by atoms with Crippen molar-refractivity contribution in [2.45, 2.75) is 33.2 Å². The fourth-order valence-electron chi connectivity index (χ4n) is 2.28. The molecule has 0 amide bonds. The van der Waals surface area contributed by atoms with Gasteiger partial charge < -0.3 is 16.0 Å². The summed E-state index contributed by atoms with van der Waals surface area (Å²) in [6.07, 6.45) is 1.09. The van der Waals surface area contributed by atoms with E-state index in [2.05, 4.69) is 43.1 Å². The van der Waals surface area contributed by atoms with Crippen molar-refractivity contribution >= 4 is 23.0 Å². The standard InChI is InChI=1S/C15H26N4S/c1-10(2)6-13(9-19(4)5)18-14-8-12(15(16)20)7-11(3)17-14/h7-8,10,13H,6,9H2,1-5H3,(H2,16,20)(H,17,18). The van der Waals surface area contributed by atoms with Crippen molar-refractivity contribution in [3.8, 4) is 0 Å². The quantitative estimate of drug-likeness (QED) is 0.756. The van der Waals surface area contributed by atoms with Crippen molar-refractivity contribution in [2.75, 3.05) is 26.0 Å². The highest BCUT2D eigenvalue weighted by atomic mass is 32.1. The second-order valence-electron chi connectivity index (χ2n) is 5.98. The number of pyridine rings is 1. The minimum atomic E-state index is 0.360. The predicted octanol–water partition coefficient (Wildman–Crippen LogP) is 2.41. The third-order valence-corrected chi connectivity index (χ3v) is 3.17. The van der Waals surface area contributed by atoms with E-state index >= 15 is 0 Å². The van der Waals surface area contributed by atoms with Gasteiger partial charge in [-0.05, 0) is 45.5 Å². The molecule has 0 aliphatic carbocycles. The average Bonchev–Trinajstić information content (AvgIpc) is 2.25. The van der Waals surface area contributed by atoms with Crippen molar-refractivity contribution in [1.82, 2.24) is 9.88 Å². The summed E-state index contributed by atoms with van der Waals surface area (Å²) in [4.78, 5) is 7.12. The van der Waals surface area contributed by atoms with Gasteiger partial charge in [-0.2, -0.15) is 0 Å². The van der Waals surface area contributed by atoms with Crippen LogP contribution in [0.1, 0.15) is 31.5 Å². The van der Waals surface area contributed by atoms with Crippen LogP contribution in [0.5, 0.6) is 0 Å². The number of hydrogen-bond donors (Lipinski definition) is 2. The number of likely N-dealkylation sites (N-methyl/N-ethyl adjacent to an activating group) is 1. The number of thiocarbonyl (C=S) groups is 1. The number of hydrogen-bond acceptors (Lipinski definition) is 4. The van der Waals surface area contributed by atoms with E-state index in [0.717, 1.165) is 30.0 Å². The number of rotatable bonds is 7. The molecule has 1 rings (SSSR count). The number of nitrogens with two attached hydrogens (primary N) is 1. The molecule has 1 aromatic heterocycles. The summed E-state index contributed by atoms with van der Waals surface area (Å²) in [6, 6.07) is 4.20. The predicted molar refractivity (Wildman–Crippen MR) is 90.3 cm³/mol. The Kier molecular flexibility index (Phi) is 6.36. The third kappa shape index (κ3) is 5.84. The fourth-order valence-corrected chi connectivity index (χ4v) is 2.40. The molecular formula is C15H26N4S. The lowest BCUT2D eigenvalue weighted by molar-refractivity contribution is 0.356. The highest BCUT2D eigenvalue weighted by Crippen LogP contribution is 2.15. The maximum absolute atomic E-state index is 5.71. The molecule has 0 saturated heterocycles. The minimum absolute atomic E-state index is 0.360. The largest absolute Gasteiger partial charge is 0.389 e. The first-order chi connectivity index (χ1) is 9.27. The lowest BCUT2D eigenvalue weighted by Gasteiger charge is -2.24. The van der Waals surface area contributed by atoms with Gasteiger partial charge in [0.05, 0.1) is 0 Å². The zero-order chi connectivity index (χ0) is 15.3. The Morgan fingerprint density at radius 2 is 2.05 bits per heavy atom. The Labute approximate surface area is 127 Å². The van der Waals surface area contributed by atoms with Gasteiger partial charge in [0.15, 0.2) is 0 Å². The molecule has 5 heteroatoms. The normalized spacial score (nSPS) is 12.8. The lowest BCUT2D eigenvalue weighted by atomic mass is 10.0. The molecule has 0 fully saturated rings. The maximum atomic E-state index is 5.71. The summed E-state index contributed by atoms with van der Waals surface area (Å²) in [5.41, 5.74) is 7.50. The molecule has 1 aromatic rings. The number of nitrogens with one attached hydrogen (secondary N) is 1. The van der Waals surface area contributed by atoms with Crippen LogP contribution in [0.4, 0.5) is 5.82 Å². The van der Waals surface area contributed by atoms with Gasteiger partial charge >= 0.3 is 0 Å². The Morgan fingerprint density at radius 1 is 1.40 bits per heavy atom. The van der Waals surface area contributed by atoms with Crippen molar-refractivity contribution in [3.63, 3.8) is 0 Å². The molecule has 0 aliphatic heterocycles. The molecule has 0 radical (unpaired) electrons. The van der Waals surface area contributed by atoms with Crippen LogP contribution < -0.4 is 11.1 Å². The number of aromatic nitrogens is 1. The average molecular weight is 294 g/mol. The van der Waals surface area contributed by atoms with Crippen LogP contribution in [-0.2, 0) is 0 Å². The van der Waals surface area contributed by atoms with Gasteiger partial charge in [0.2, 0.25) is 0 Å². The van der Waals surface area contributed by atoms with Crippen LogP contribution in [-0.4, -0.2) is 41.6 Å². The molecule has 0 aliphatic rings. The summed E-state index contributed by atoms with van der Waals surface area (Å²) in [7, 11) is 4.16. The van der Waals surface area contributed by atoms with E-state index in [1.54, 1.807) is 0 Å². The number of anilines is 1. The first kappa shape index (κ1) is 16.9. The van der Waals surface area contributed by atoms with Gasteiger partial charge in [0, 0.05) is 23.8 Å². The first-order valence-electron chi connectivity index (χ1n) is 6.97. The van der Waals surface area contributed by atoms with Crippen molar-refractivity contribution in [2.24, 2.45) is 11.7 Å². The third-order valence-electron chi connectivity index (χ3n) is 2.93. The van der Waals surface area contributed by atoms with Gasteiger partial charge in [0.1, 0.15) is 10.8 Å². The smallest absolute Gasteiger partial charge is 0.127 e. The Hall–Kier alpha value is -1.20. The van der Waals surface area contributed by atoms with Gasteiger partial charge in [-0.25, -0.2) is 4.98 Å². The maximum Gasteiger partial charge on any atom is 0.127 e. The summed E-state index contributed by atoms with van der Waals surface area (Å²) in [5, 5.41) is 3.51. The van der Waals surface area contributed by atoms with E-state index in [1.807, 2.05) is 19.1 Å². The topological polar surface area (TPSA) is 54.2 Å².